The molecule has 1 saturated heterocycles. The van der Waals surface area contributed by atoms with E-state index in [0.717, 1.165) is 18.9 Å². The topological polar surface area (TPSA) is 75.4 Å². The minimum atomic E-state index is -0.591. The van der Waals surface area contributed by atoms with Crippen molar-refractivity contribution in [2.45, 2.75) is 33.2 Å². The van der Waals surface area contributed by atoms with Gasteiger partial charge in [-0.1, -0.05) is 18.5 Å². The summed E-state index contributed by atoms with van der Waals surface area (Å²) in [5, 5.41) is 2.50. The molecular formula is C19H21ClFN3O3. The molecule has 0 bridgehead atoms. The van der Waals surface area contributed by atoms with Crippen LogP contribution in [0.3, 0.4) is 0 Å². The first-order chi connectivity index (χ1) is 12.8. The molecule has 6 nitrogen and oxygen atoms in total. The van der Waals surface area contributed by atoms with E-state index < -0.39 is 11.7 Å². The van der Waals surface area contributed by atoms with Crippen molar-refractivity contribution in [2.24, 2.45) is 5.92 Å². The number of likely N-dealkylation sites (tertiary alicyclic amines) is 1. The van der Waals surface area contributed by atoms with Gasteiger partial charge in [-0.25, -0.2) is 9.37 Å². The highest BCUT2D eigenvalue weighted by Gasteiger charge is 2.26. The number of nitrogens with one attached hydrogen (secondary N) is 1. The molecule has 8 heteroatoms. The lowest BCUT2D eigenvalue weighted by atomic mass is 9.99. The Kier molecular flexibility index (Phi) is 5.79. The predicted octanol–water partition coefficient (Wildman–Crippen LogP) is 3.58. The van der Waals surface area contributed by atoms with E-state index in [4.69, 9.17) is 16.0 Å². The molecular weight excluding hydrogens is 373 g/mol. The summed E-state index contributed by atoms with van der Waals surface area (Å²) in [6.07, 6.45) is 1.96. The molecule has 0 saturated carbocycles. The van der Waals surface area contributed by atoms with Gasteiger partial charge in [0.2, 0.25) is 5.89 Å². The normalized spacial score (nSPS) is 15.0. The molecule has 0 radical (unpaired) electrons. The second-order valence-corrected chi connectivity index (χ2v) is 7.21. The van der Waals surface area contributed by atoms with Gasteiger partial charge in [0.15, 0.2) is 5.69 Å². The van der Waals surface area contributed by atoms with Crippen LogP contribution >= 0.6 is 11.6 Å². The first-order valence-corrected chi connectivity index (χ1v) is 9.21. The molecule has 144 valence electrons. The number of carbonyl (C=O) groups excluding carboxylic acids is 2. The second kappa shape index (κ2) is 8.08. The Morgan fingerprint density at radius 3 is 2.74 bits per heavy atom. The van der Waals surface area contributed by atoms with Crippen molar-refractivity contribution >= 4 is 23.4 Å². The molecule has 3 rings (SSSR count). The zero-order valence-corrected chi connectivity index (χ0v) is 16.0. The lowest BCUT2D eigenvalue weighted by Crippen LogP contribution is -2.38. The highest BCUT2D eigenvalue weighted by molar-refractivity contribution is 6.31. The van der Waals surface area contributed by atoms with Crippen molar-refractivity contribution < 1.29 is 18.4 Å². The van der Waals surface area contributed by atoms with Gasteiger partial charge in [-0.05, 0) is 43.9 Å². The van der Waals surface area contributed by atoms with Gasteiger partial charge >= 0.3 is 0 Å². The van der Waals surface area contributed by atoms with Crippen LogP contribution in [0.2, 0.25) is 5.02 Å². The minimum absolute atomic E-state index is 0.0129. The van der Waals surface area contributed by atoms with Crippen LogP contribution < -0.4 is 5.32 Å². The molecule has 1 fully saturated rings. The van der Waals surface area contributed by atoms with Crippen molar-refractivity contribution in [3.63, 3.8) is 0 Å². The molecule has 0 spiro atoms. The van der Waals surface area contributed by atoms with Crippen LogP contribution in [-0.2, 0) is 6.54 Å². The van der Waals surface area contributed by atoms with Crippen LogP contribution in [0.25, 0.3) is 0 Å². The molecule has 1 aromatic heterocycles. The van der Waals surface area contributed by atoms with Crippen molar-refractivity contribution in [3.8, 4) is 0 Å². The molecule has 1 aliphatic heterocycles. The molecule has 0 atom stereocenters. The van der Waals surface area contributed by atoms with Gasteiger partial charge in [0.05, 0.1) is 11.6 Å². The van der Waals surface area contributed by atoms with Gasteiger partial charge < -0.3 is 14.6 Å². The van der Waals surface area contributed by atoms with E-state index in [-0.39, 0.29) is 34.6 Å². The molecule has 0 unspecified atom stereocenters. The molecule has 0 aliphatic carbocycles. The monoisotopic (exact) mass is 393 g/mol. The molecule has 2 aromatic rings. The Morgan fingerprint density at radius 1 is 1.37 bits per heavy atom. The number of hydrogen-bond donors (Lipinski definition) is 1. The third-order valence-electron chi connectivity index (χ3n) is 4.70. The standard InChI is InChI=1S/C19H21ClFN3O3/c1-11-5-7-24(8-6-11)19(26)17-12(2)27-16(23-17)10-22-18(25)13-3-4-15(21)14(20)9-13/h3-4,9,11H,5-8,10H2,1-2H3,(H,22,25). The summed E-state index contributed by atoms with van der Waals surface area (Å²) in [6, 6.07) is 3.71. The number of amides is 2. The fraction of sp³-hybridized carbons (Fsp3) is 0.421. The van der Waals surface area contributed by atoms with Gasteiger partial charge in [-0.3, -0.25) is 9.59 Å². The highest BCUT2D eigenvalue weighted by Crippen LogP contribution is 2.20. The summed E-state index contributed by atoms with van der Waals surface area (Å²) in [4.78, 5) is 30.8. The SMILES string of the molecule is Cc1oc(CNC(=O)c2ccc(F)c(Cl)c2)nc1C(=O)N1CCC(C)CC1. The summed E-state index contributed by atoms with van der Waals surface area (Å²) in [6.45, 7) is 5.29. The maximum atomic E-state index is 13.2. The van der Waals surface area contributed by atoms with Gasteiger partial charge in [0, 0.05) is 18.7 Å². The minimum Gasteiger partial charge on any atom is -0.443 e. The van der Waals surface area contributed by atoms with Crippen molar-refractivity contribution in [2.75, 3.05) is 13.1 Å². The average Bonchev–Trinajstić information content (AvgIpc) is 3.02. The smallest absolute Gasteiger partial charge is 0.276 e. The third kappa shape index (κ3) is 4.47. The lowest BCUT2D eigenvalue weighted by Gasteiger charge is -2.29. The maximum absolute atomic E-state index is 13.2. The maximum Gasteiger partial charge on any atom is 0.276 e. The lowest BCUT2D eigenvalue weighted by molar-refractivity contribution is 0.0690. The number of rotatable bonds is 4. The van der Waals surface area contributed by atoms with Crippen LogP contribution in [-0.4, -0.2) is 34.8 Å². The summed E-state index contributed by atoms with van der Waals surface area (Å²) in [7, 11) is 0. The van der Waals surface area contributed by atoms with Gasteiger partial charge in [0.25, 0.3) is 11.8 Å². The molecule has 1 aliphatic rings. The molecule has 1 N–H and O–H groups in total. The first-order valence-electron chi connectivity index (χ1n) is 8.84. The van der Waals surface area contributed by atoms with E-state index in [1.807, 2.05) is 0 Å². The van der Waals surface area contributed by atoms with E-state index >= 15 is 0 Å². The molecule has 2 heterocycles. The van der Waals surface area contributed by atoms with Crippen molar-refractivity contribution in [1.82, 2.24) is 15.2 Å². The van der Waals surface area contributed by atoms with E-state index in [1.54, 1.807) is 11.8 Å². The highest BCUT2D eigenvalue weighted by atomic mass is 35.5. The number of benzene rings is 1. The Labute approximate surface area is 161 Å². The van der Waals surface area contributed by atoms with Gasteiger partial charge in [-0.15, -0.1) is 0 Å². The Hall–Kier alpha value is -2.41. The summed E-state index contributed by atoms with van der Waals surface area (Å²) in [5.41, 5.74) is 0.502. The third-order valence-corrected chi connectivity index (χ3v) is 4.99. The number of oxazole rings is 1. The Balaban J connectivity index is 1.63. The zero-order valence-electron chi connectivity index (χ0n) is 15.2. The second-order valence-electron chi connectivity index (χ2n) is 6.80. The van der Waals surface area contributed by atoms with Crippen LogP contribution in [0.4, 0.5) is 4.39 Å². The summed E-state index contributed by atoms with van der Waals surface area (Å²) in [5.74, 6) is 0.108. The number of nitrogens with zero attached hydrogens (tertiary/aromatic N) is 2. The zero-order chi connectivity index (χ0) is 19.6. The number of aryl methyl sites for hydroxylation is 1. The van der Waals surface area contributed by atoms with Gasteiger partial charge in [0.1, 0.15) is 11.6 Å². The molecule has 27 heavy (non-hydrogen) atoms. The van der Waals surface area contributed by atoms with E-state index in [0.29, 0.717) is 24.8 Å². The predicted molar refractivity (Wildman–Crippen MR) is 98.1 cm³/mol. The number of hydrogen-bond acceptors (Lipinski definition) is 4. The van der Waals surface area contributed by atoms with Crippen molar-refractivity contribution in [3.05, 3.63) is 51.9 Å². The van der Waals surface area contributed by atoms with Crippen molar-refractivity contribution in [1.29, 1.82) is 0 Å². The summed E-state index contributed by atoms with van der Waals surface area (Å²) < 4.78 is 18.7. The van der Waals surface area contributed by atoms with Gasteiger partial charge in [-0.2, -0.15) is 0 Å². The van der Waals surface area contributed by atoms with Crippen LogP contribution in [0.5, 0.6) is 0 Å². The Bertz CT molecular complexity index is 860. The largest absolute Gasteiger partial charge is 0.443 e. The first kappa shape index (κ1) is 19.4. The number of carbonyl (C=O) groups is 2. The van der Waals surface area contributed by atoms with Crippen LogP contribution in [0.15, 0.2) is 22.6 Å². The van der Waals surface area contributed by atoms with E-state index in [9.17, 15) is 14.0 Å². The average molecular weight is 394 g/mol. The number of halogens is 2. The molecule has 1 aromatic carbocycles. The van der Waals surface area contributed by atoms with Crippen LogP contribution in [0, 0.1) is 18.7 Å². The number of aromatic nitrogens is 1. The summed E-state index contributed by atoms with van der Waals surface area (Å²) >= 11 is 5.69. The number of piperidine rings is 1. The Morgan fingerprint density at radius 2 is 2.07 bits per heavy atom. The van der Waals surface area contributed by atoms with E-state index in [2.05, 4.69) is 17.2 Å². The fourth-order valence-electron chi connectivity index (χ4n) is 2.98. The fourth-order valence-corrected chi connectivity index (χ4v) is 3.16. The van der Waals surface area contributed by atoms with Crippen LogP contribution in [0.1, 0.15) is 52.3 Å². The molecule has 2 amide bonds. The van der Waals surface area contributed by atoms with E-state index in [1.165, 1.54) is 12.1 Å². The quantitative estimate of drug-likeness (QED) is 0.861.